The second kappa shape index (κ2) is 3.41. The van der Waals surface area contributed by atoms with Crippen LogP contribution in [-0.4, -0.2) is 18.0 Å². The highest BCUT2D eigenvalue weighted by Gasteiger charge is 2.32. The molecular formula is C14H17N. The first kappa shape index (κ1) is 9.02. The Balaban J connectivity index is 1.97. The molecule has 0 spiro atoms. The highest BCUT2D eigenvalue weighted by atomic mass is 15.2. The fourth-order valence-corrected chi connectivity index (χ4v) is 2.93. The molecular weight excluding hydrogens is 182 g/mol. The maximum atomic E-state index is 2.44. The van der Waals surface area contributed by atoms with Gasteiger partial charge in [-0.25, -0.2) is 0 Å². The molecule has 1 heteroatoms. The Bertz CT molecular complexity index is 384. The van der Waals surface area contributed by atoms with Gasteiger partial charge in [-0.2, -0.15) is 0 Å². The van der Waals surface area contributed by atoms with E-state index in [0.717, 1.165) is 0 Å². The lowest BCUT2D eigenvalue weighted by Crippen LogP contribution is -2.41. The molecule has 3 rings (SSSR count). The molecule has 2 atom stereocenters. The summed E-state index contributed by atoms with van der Waals surface area (Å²) in [6.45, 7) is 0. The summed E-state index contributed by atoms with van der Waals surface area (Å²) in [5.74, 6) is 0.682. The fourth-order valence-electron chi connectivity index (χ4n) is 2.93. The van der Waals surface area contributed by atoms with Gasteiger partial charge < -0.3 is 4.90 Å². The van der Waals surface area contributed by atoms with Gasteiger partial charge in [-0.3, -0.25) is 0 Å². The van der Waals surface area contributed by atoms with Crippen molar-refractivity contribution < 1.29 is 0 Å². The topological polar surface area (TPSA) is 3.24 Å². The van der Waals surface area contributed by atoms with Gasteiger partial charge in [-0.15, -0.1) is 0 Å². The Morgan fingerprint density at radius 1 is 1.13 bits per heavy atom. The Labute approximate surface area is 91.5 Å². The normalized spacial score (nSPS) is 33.0. The van der Waals surface area contributed by atoms with Gasteiger partial charge in [-0.1, -0.05) is 36.5 Å². The van der Waals surface area contributed by atoms with E-state index in [0.29, 0.717) is 12.0 Å². The van der Waals surface area contributed by atoms with Gasteiger partial charge in [0.05, 0.1) is 6.04 Å². The standard InChI is InChI=1S/C14H17N/c1-15-13-8-4-2-6-11(13)10-12-7-3-5-9-14(12)15/h2,4,6-9,11,13H,3,5,10H2,1H3. The molecule has 0 radical (unpaired) electrons. The number of hydrogen-bond acceptors (Lipinski definition) is 1. The molecule has 1 saturated heterocycles. The first-order valence-corrected chi connectivity index (χ1v) is 5.83. The van der Waals surface area contributed by atoms with Crippen LogP contribution in [0.3, 0.4) is 0 Å². The predicted octanol–water partition coefficient (Wildman–Crippen LogP) is 3.04. The highest BCUT2D eigenvalue weighted by molar-refractivity contribution is 5.39. The van der Waals surface area contributed by atoms with Crippen LogP contribution in [0.1, 0.15) is 19.3 Å². The summed E-state index contributed by atoms with van der Waals surface area (Å²) in [4.78, 5) is 2.44. The third-order valence-corrected chi connectivity index (χ3v) is 3.72. The van der Waals surface area contributed by atoms with Crippen LogP contribution in [0, 0.1) is 5.92 Å². The quantitative estimate of drug-likeness (QED) is 0.579. The van der Waals surface area contributed by atoms with Crippen LogP contribution in [0.15, 0.2) is 47.7 Å². The first-order chi connectivity index (χ1) is 7.36. The Morgan fingerprint density at radius 2 is 1.93 bits per heavy atom. The maximum Gasteiger partial charge on any atom is 0.0538 e. The molecule has 0 bridgehead atoms. The number of likely N-dealkylation sites (N-methyl/N-ethyl adjacent to an activating group) is 1. The summed E-state index contributed by atoms with van der Waals surface area (Å²) in [7, 11) is 2.23. The predicted molar refractivity (Wildman–Crippen MR) is 63.3 cm³/mol. The van der Waals surface area contributed by atoms with Crippen molar-refractivity contribution in [3.8, 4) is 0 Å². The van der Waals surface area contributed by atoms with Crippen LogP contribution in [0.5, 0.6) is 0 Å². The number of nitrogens with zero attached hydrogens (tertiary/aromatic N) is 1. The van der Waals surface area contributed by atoms with Crippen molar-refractivity contribution >= 4 is 0 Å². The summed E-state index contributed by atoms with van der Waals surface area (Å²) >= 11 is 0. The van der Waals surface area contributed by atoms with Gasteiger partial charge in [0.1, 0.15) is 0 Å². The van der Waals surface area contributed by atoms with Crippen molar-refractivity contribution in [2.75, 3.05) is 7.05 Å². The molecule has 0 aromatic heterocycles. The number of allylic oxidation sites excluding steroid dienone is 5. The van der Waals surface area contributed by atoms with Crippen LogP contribution >= 0.6 is 0 Å². The van der Waals surface area contributed by atoms with E-state index in [2.05, 4.69) is 48.4 Å². The molecule has 0 aromatic carbocycles. The van der Waals surface area contributed by atoms with Gasteiger partial charge in [0.25, 0.3) is 0 Å². The SMILES string of the molecule is CN1C2=CCCC=C2CC2C=CC=CC21. The minimum atomic E-state index is 0.580. The van der Waals surface area contributed by atoms with Crippen molar-refractivity contribution in [3.05, 3.63) is 47.7 Å². The lowest BCUT2D eigenvalue weighted by Gasteiger charge is -2.43. The van der Waals surface area contributed by atoms with E-state index in [1.165, 1.54) is 25.0 Å². The largest absolute Gasteiger partial charge is 0.368 e. The molecule has 1 aliphatic heterocycles. The van der Waals surface area contributed by atoms with Gasteiger partial charge in [-0.05, 0) is 24.8 Å². The molecule has 0 amide bonds. The van der Waals surface area contributed by atoms with E-state index in [1.54, 1.807) is 5.57 Å². The van der Waals surface area contributed by atoms with Gasteiger partial charge in [0.2, 0.25) is 0 Å². The average Bonchev–Trinajstić information content (AvgIpc) is 2.30. The van der Waals surface area contributed by atoms with Crippen molar-refractivity contribution in [1.29, 1.82) is 0 Å². The van der Waals surface area contributed by atoms with Gasteiger partial charge >= 0.3 is 0 Å². The molecule has 2 unspecified atom stereocenters. The lowest BCUT2D eigenvalue weighted by atomic mass is 9.80. The minimum absolute atomic E-state index is 0.580. The van der Waals surface area contributed by atoms with E-state index < -0.39 is 0 Å². The Morgan fingerprint density at radius 3 is 2.87 bits per heavy atom. The second-order valence-electron chi connectivity index (χ2n) is 4.64. The first-order valence-electron chi connectivity index (χ1n) is 5.83. The third kappa shape index (κ3) is 1.38. The third-order valence-electron chi connectivity index (χ3n) is 3.72. The van der Waals surface area contributed by atoms with Crippen molar-refractivity contribution in [2.45, 2.75) is 25.3 Å². The monoisotopic (exact) mass is 199 g/mol. The van der Waals surface area contributed by atoms with Crippen LogP contribution in [0.25, 0.3) is 0 Å². The zero-order valence-corrected chi connectivity index (χ0v) is 9.19. The van der Waals surface area contributed by atoms with Crippen LogP contribution in [0.2, 0.25) is 0 Å². The molecule has 1 nitrogen and oxygen atoms in total. The Kier molecular flexibility index (Phi) is 2.05. The van der Waals surface area contributed by atoms with E-state index in [9.17, 15) is 0 Å². The van der Waals surface area contributed by atoms with E-state index in [-0.39, 0.29) is 0 Å². The zero-order valence-electron chi connectivity index (χ0n) is 9.19. The van der Waals surface area contributed by atoms with E-state index in [4.69, 9.17) is 0 Å². The van der Waals surface area contributed by atoms with Crippen molar-refractivity contribution in [1.82, 2.24) is 4.90 Å². The Hall–Kier alpha value is -1.24. The number of hydrogen-bond donors (Lipinski definition) is 0. The maximum absolute atomic E-state index is 2.44. The average molecular weight is 199 g/mol. The molecule has 2 aliphatic carbocycles. The molecule has 15 heavy (non-hydrogen) atoms. The smallest absolute Gasteiger partial charge is 0.0538 e. The highest BCUT2D eigenvalue weighted by Crippen LogP contribution is 2.38. The molecule has 78 valence electrons. The molecule has 3 aliphatic rings. The summed E-state index contributed by atoms with van der Waals surface area (Å²) in [5, 5.41) is 0. The fraction of sp³-hybridized carbons (Fsp3) is 0.429. The van der Waals surface area contributed by atoms with Crippen molar-refractivity contribution in [3.63, 3.8) is 0 Å². The van der Waals surface area contributed by atoms with E-state index >= 15 is 0 Å². The van der Waals surface area contributed by atoms with E-state index in [1.807, 2.05) is 0 Å². The molecule has 1 heterocycles. The number of rotatable bonds is 0. The molecule has 0 N–H and O–H groups in total. The summed E-state index contributed by atoms with van der Waals surface area (Å²) in [6.07, 6.45) is 17.5. The van der Waals surface area contributed by atoms with Crippen LogP contribution in [-0.2, 0) is 0 Å². The number of fused-ring (bicyclic) bond motifs is 2. The molecule has 1 fully saturated rings. The van der Waals surface area contributed by atoms with Crippen LogP contribution in [0.4, 0.5) is 0 Å². The summed E-state index contributed by atoms with van der Waals surface area (Å²) < 4.78 is 0. The lowest BCUT2D eigenvalue weighted by molar-refractivity contribution is 0.262. The number of piperidine rings is 1. The molecule has 0 saturated carbocycles. The zero-order chi connectivity index (χ0) is 10.3. The van der Waals surface area contributed by atoms with Crippen molar-refractivity contribution in [2.24, 2.45) is 5.92 Å². The molecule has 0 aromatic rings. The number of likely N-dealkylation sites (tertiary alicyclic amines) is 1. The minimum Gasteiger partial charge on any atom is -0.368 e. The van der Waals surface area contributed by atoms with Gasteiger partial charge in [0.15, 0.2) is 0 Å². The second-order valence-corrected chi connectivity index (χ2v) is 4.64. The summed E-state index contributed by atoms with van der Waals surface area (Å²) in [6, 6.07) is 0.580. The van der Waals surface area contributed by atoms with Gasteiger partial charge in [0, 0.05) is 18.7 Å². The summed E-state index contributed by atoms with van der Waals surface area (Å²) in [5.41, 5.74) is 3.03. The van der Waals surface area contributed by atoms with Crippen LogP contribution < -0.4 is 0 Å².